The van der Waals surface area contributed by atoms with Crippen LogP contribution in [-0.4, -0.2) is 52.9 Å². The van der Waals surface area contributed by atoms with Gasteiger partial charge >= 0.3 is 0 Å². The van der Waals surface area contributed by atoms with Crippen LogP contribution in [0.15, 0.2) is 29.3 Å². The Morgan fingerprint density at radius 3 is 2.45 bits per heavy atom. The van der Waals surface area contributed by atoms with Crippen molar-refractivity contribution in [3.8, 4) is 5.75 Å². The number of unbranched alkanes of at least 4 members (excludes halogenated alkanes) is 1. The third-order valence-electron chi connectivity index (χ3n) is 4.72. The molecule has 0 saturated carbocycles. The van der Waals surface area contributed by atoms with Crippen LogP contribution in [0.2, 0.25) is 0 Å². The zero-order valence-electron chi connectivity index (χ0n) is 18.1. The Hall–Kier alpha value is -2.22. The van der Waals surface area contributed by atoms with Gasteiger partial charge in [-0.1, -0.05) is 12.1 Å². The first kappa shape index (κ1) is 23.1. The van der Waals surface area contributed by atoms with Gasteiger partial charge in [0.1, 0.15) is 18.1 Å². The molecule has 160 valence electrons. The molecule has 0 fully saturated rings. The number of ether oxygens (including phenoxy) is 1. The smallest absolute Gasteiger partial charge is 0.191 e. The number of nitrogens with zero attached hydrogens (tertiary/aromatic N) is 4. The summed E-state index contributed by atoms with van der Waals surface area (Å²) in [6.07, 6.45) is 6.52. The minimum absolute atomic E-state index is 0.515. The molecule has 8 heteroatoms. The van der Waals surface area contributed by atoms with Crippen LogP contribution in [0, 0.1) is 6.92 Å². The van der Waals surface area contributed by atoms with Gasteiger partial charge in [0.05, 0.1) is 7.11 Å². The van der Waals surface area contributed by atoms with Crippen LogP contribution < -0.4 is 15.4 Å². The van der Waals surface area contributed by atoms with Crippen molar-refractivity contribution in [3.63, 3.8) is 0 Å². The summed E-state index contributed by atoms with van der Waals surface area (Å²) in [4.78, 5) is 4.69. The summed E-state index contributed by atoms with van der Waals surface area (Å²) in [5, 5.41) is 15.2. The highest BCUT2D eigenvalue weighted by atomic mass is 32.2. The van der Waals surface area contributed by atoms with Gasteiger partial charge in [0.15, 0.2) is 11.8 Å². The molecule has 0 spiro atoms. The highest BCUT2D eigenvalue weighted by Gasteiger charge is 2.05. The molecule has 0 saturated heterocycles. The van der Waals surface area contributed by atoms with Crippen LogP contribution in [-0.2, 0) is 20.0 Å². The lowest BCUT2D eigenvalue weighted by atomic mass is 10.1. The molecule has 7 nitrogen and oxygen atoms in total. The van der Waals surface area contributed by atoms with Crippen LogP contribution in [0.1, 0.15) is 36.5 Å². The van der Waals surface area contributed by atoms with Gasteiger partial charge in [-0.25, -0.2) is 4.99 Å². The molecule has 2 aromatic rings. The van der Waals surface area contributed by atoms with Crippen LogP contribution in [0.25, 0.3) is 0 Å². The fourth-order valence-electron chi connectivity index (χ4n) is 2.79. The van der Waals surface area contributed by atoms with Gasteiger partial charge in [0, 0.05) is 20.1 Å². The van der Waals surface area contributed by atoms with Crippen molar-refractivity contribution in [1.82, 2.24) is 25.4 Å². The van der Waals surface area contributed by atoms with E-state index in [1.54, 1.807) is 7.11 Å². The number of aromatic nitrogens is 3. The van der Waals surface area contributed by atoms with E-state index in [1.165, 1.54) is 5.56 Å². The zero-order chi connectivity index (χ0) is 20.9. The molecule has 0 aliphatic heterocycles. The van der Waals surface area contributed by atoms with Crippen molar-refractivity contribution in [1.29, 1.82) is 0 Å². The zero-order valence-corrected chi connectivity index (χ0v) is 18.9. The summed E-state index contributed by atoms with van der Waals surface area (Å²) in [7, 11) is 3.67. The topological polar surface area (TPSA) is 76.4 Å². The average molecular weight is 419 g/mol. The molecule has 2 rings (SSSR count). The molecular formula is C21H34N6OS. The number of guanidine groups is 1. The van der Waals surface area contributed by atoms with Gasteiger partial charge in [-0.3, -0.25) is 0 Å². The van der Waals surface area contributed by atoms with Crippen LogP contribution in [0.3, 0.4) is 0 Å². The molecule has 29 heavy (non-hydrogen) atoms. The van der Waals surface area contributed by atoms with Gasteiger partial charge in [0.2, 0.25) is 0 Å². The van der Waals surface area contributed by atoms with Gasteiger partial charge in [-0.2, -0.15) is 11.8 Å². The largest absolute Gasteiger partial charge is 0.497 e. The third kappa shape index (κ3) is 8.35. The average Bonchev–Trinajstić information content (AvgIpc) is 3.06. The maximum atomic E-state index is 5.21. The number of hydrogen-bond acceptors (Lipinski definition) is 5. The Bertz CT molecular complexity index is 744. The van der Waals surface area contributed by atoms with E-state index in [0.717, 1.165) is 67.9 Å². The van der Waals surface area contributed by atoms with Crippen molar-refractivity contribution in [3.05, 3.63) is 41.5 Å². The molecule has 0 unspecified atom stereocenters. The lowest BCUT2D eigenvalue weighted by Gasteiger charge is -2.12. The van der Waals surface area contributed by atoms with Crippen LogP contribution in [0.4, 0.5) is 0 Å². The molecule has 0 aliphatic carbocycles. The van der Waals surface area contributed by atoms with E-state index in [1.807, 2.05) is 42.4 Å². The number of aryl methyl sites for hydroxylation is 2. The quantitative estimate of drug-likeness (QED) is 0.314. The summed E-state index contributed by atoms with van der Waals surface area (Å²) in [5.41, 5.74) is 1.34. The monoisotopic (exact) mass is 418 g/mol. The predicted molar refractivity (Wildman–Crippen MR) is 122 cm³/mol. The first-order chi connectivity index (χ1) is 14.1. The lowest BCUT2D eigenvalue weighted by molar-refractivity contribution is 0.414. The van der Waals surface area contributed by atoms with Crippen molar-refractivity contribution >= 4 is 17.7 Å². The van der Waals surface area contributed by atoms with Gasteiger partial charge in [0.25, 0.3) is 0 Å². The first-order valence-electron chi connectivity index (χ1n) is 10.1. The SMILES string of the molecule is COc1ccc(CCCCNC(=NCc2nnc(C)n2C)NCCCSC)cc1. The molecular weight excluding hydrogens is 384 g/mol. The fourth-order valence-corrected chi connectivity index (χ4v) is 3.22. The molecule has 2 N–H and O–H groups in total. The van der Waals surface area contributed by atoms with E-state index >= 15 is 0 Å². The van der Waals surface area contributed by atoms with E-state index in [-0.39, 0.29) is 0 Å². The van der Waals surface area contributed by atoms with E-state index in [0.29, 0.717) is 6.54 Å². The summed E-state index contributed by atoms with van der Waals surface area (Å²) in [6, 6.07) is 8.31. The highest BCUT2D eigenvalue weighted by molar-refractivity contribution is 7.98. The normalized spacial score (nSPS) is 11.5. The highest BCUT2D eigenvalue weighted by Crippen LogP contribution is 2.13. The summed E-state index contributed by atoms with van der Waals surface area (Å²) >= 11 is 1.86. The molecule has 1 aromatic heterocycles. The van der Waals surface area contributed by atoms with Crippen molar-refractivity contribution in [2.75, 3.05) is 32.2 Å². The second kappa shape index (κ2) is 13.1. The number of nitrogens with one attached hydrogen (secondary N) is 2. The summed E-state index contributed by atoms with van der Waals surface area (Å²) in [5.74, 6) is 4.66. The number of thioether (sulfide) groups is 1. The molecule has 0 amide bonds. The molecule has 0 aliphatic rings. The maximum Gasteiger partial charge on any atom is 0.191 e. The number of rotatable bonds is 12. The Balaban J connectivity index is 1.77. The molecule has 0 bridgehead atoms. The fraction of sp³-hybridized carbons (Fsp3) is 0.571. The second-order valence-corrected chi connectivity index (χ2v) is 7.88. The van der Waals surface area contributed by atoms with Crippen molar-refractivity contribution in [2.45, 2.75) is 39.2 Å². The van der Waals surface area contributed by atoms with Crippen LogP contribution in [0.5, 0.6) is 5.75 Å². The molecule has 0 atom stereocenters. The van der Waals surface area contributed by atoms with Crippen molar-refractivity contribution in [2.24, 2.45) is 12.0 Å². The van der Waals surface area contributed by atoms with E-state index < -0.39 is 0 Å². The number of benzene rings is 1. The molecule has 0 radical (unpaired) electrons. The van der Waals surface area contributed by atoms with Gasteiger partial charge in [-0.15, -0.1) is 10.2 Å². The Morgan fingerprint density at radius 2 is 1.83 bits per heavy atom. The van der Waals surface area contributed by atoms with E-state index in [9.17, 15) is 0 Å². The van der Waals surface area contributed by atoms with Gasteiger partial charge in [-0.05, 0) is 62.3 Å². The van der Waals surface area contributed by atoms with E-state index in [2.05, 4.69) is 39.2 Å². The predicted octanol–water partition coefficient (Wildman–Crippen LogP) is 2.94. The standard InChI is InChI=1S/C21H34N6OS/c1-17-25-26-20(27(17)2)16-24-21(23-14-7-15-29-4)22-13-6-5-8-18-9-11-19(28-3)12-10-18/h9-12H,5-8,13-16H2,1-4H3,(H2,22,23,24). The number of methoxy groups -OCH3 is 1. The van der Waals surface area contributed by atoms with Crippen LogP contribution >= 0.6 is 11.8 Å². The summed E-state index contributed by atoms with van der Waals surface area (Å²) in [6.45, 7) is 4.27. The van der Waals surface area contributed by atoms with Crippen molar-refractivity contribution < 1.29 is 4.74 Å². The minimum Gasteiger partial charge on any atom is -0.497 e. The number of hydrogen-bond donors (Lipinski definition) is 2. The maximum absolute atomic E-state index is 5.21. The molecule has 1 aromatic carbocycles. The Kier molecular flexibility index (Phi) is 10.4. The Morgan fingerprint density at radius 1 is 1.10 bits per heavy atom. The Labute approximate surface area is 178 Å². The minimum atomic E-state index is 0.515. The first-order valence-corrected chi connectivity index (χ1v) is 11.5. The molecule has 1 heterocycles. The summed E-state index contributed by atoms with van der Waals surface area (Å²) < 4.78 is 7.18. The number of aliphatic imine (C=N–C) groups is 1. The van der Waals surface area contributed by atoms with Gasteiger partial charge < -0.3 is 19.9 Å². The lowest BCUT2D eigenvalue weighted by Crippen LogP contribution is -2.38. The second-order valence-electron chi connectivity index (χ2n) is 6.89. The van der Waals surface area contributed by atoms with E-state index in [4.69, 9.17) is 9.73 Å². The third-order valence-corrected chi connectivity index (χ3v) is 5.42.